The molecule has 4 aliphatic rings. The van der Waals surface area contributed by atoms with E-state index in [-0.39, 0.29) is 0 Å². The van der Waals surface area contributed by atoms with E-state index in [4.69, 9.17) is 0 Å². The van der Waals surface area contributed by atoms with Gasteiger partial charge in [0.1, 0.15) is 0 Å². The van der Waals surface area contributed by atoms with Crippen LogP contribution in [0.3, 0.4) is 0 Å². The molecule has 0 spiro atoms. The highest BCUT2D eigenvalue weighted by atomic mass is 15.1. The summed E-state index contributed by atoms with van der Waals surface area (Å²) in [6.45, 7) is 2.58. The van der Waals surface area contributed by atoms with Crippen LogP contribution < -0.4 is 0 Å². The lowest BCUT2D eigenvalue weighted by molar-refractivity contribution is 0.0162. The fourth-order valence-corrected chi connectivity index (χ4v) is 8.30. The quantitative estimate of drug-likeness (QED) is 0.440. The number of hydrogen-bond acceptors (Lipinski definition) is 1. The molecule has 1 aromatic carbocycles. The third-order valence-corrected chi connectivity index (χ3v) is 10.2. The maximum Gasteiger partial charge on any atom is 0.00920 e. The summed E-state index contributed by atoms with van der Waals surface area (Å²) in [5.41, 5.74) is 4.59. The zero-order valence-electron chi connectivity index (χ0n) is 21.5. The summed E-state index contributed by atoms with van der Waals surface area (Å²) in [7, 11) is 4.60. The van der Waals surface area contributed by atoms with Gasteiger partial charge in [-0.1, -0.05) is 62.3 Å². The number of nitrogens with zero attached hydrogens (tertiary/aromatic N) is 1. The van der Waals surface area contributed by atoms with Crippen molar-refractivity contribution in [2.45, 2.75) is 95.9 Å². The molecule has 7 unspecified atom stereocenters. The standard InChI is InChI=1S/C32H47N/c1-23-16-20-30-25(17-18-26-22-27(33(2)3)19-21-31(26)30)12-8-14-28(23)32-15-9-11-24-10-6-4-5-7-13-29(24)32/h6-7,9-11,13,15,23,25-28,30-31H,4-5,8,12,14,16-22H2,1-3H3. The zero-order chi connectivity index (χ0) is 22.8. The molecule has 7 atom stereocenters. The summed E-state index contributed by atoms with van der Waals surface area (Å²) in [6, 6.07) is 7.94. The molecule has 0 aromatic heterocycles. The van der Waals surface area contributed by atoms with E-state index < -0.39 is 0 Å². The number of benzene rings is 1. The van der Waals surface area contributed by atoms with Crippen molar-refractivity contribution in [3.63, 3.8) is 0 Å². The Labute approximate surface area is 203 Å². The molecule has 1 heteroatoms. The molecule has 0 radical (unpaired) electrons. The van der Waals surface area contributed by atoms with Crippen molar-refractivity contribution in [2.24, 2.45) is 29.6 Å². The molecule has 0 saturated heterocycles. The van der Waals surface area contributed by atoms with Gasteiger partial charge in [-0.15, -0.1) is 0 Å². The molecule has 3 saturated carbocycles. The predicted molar refractivity (Wildman–Crippen MR) is 143 cm³/mol. The average molecular weight is 446 g/mol. The van der Waals surface area contributed by atoms with Crippen molar-refractivity contribution in [1.29, 1.82) is 0 Å². The van der Waals surface area contributed by atoms with Crippen LogP contribution in [0.1, 0.15) is 107 Å². The van der Waals surface area contributed by atoms with Crippen LogP contribution in [0.2, 0.25) is 0 Å². The van der Waals surface area contributed by atoms with E-state index in [2.05, 4.69) is 68.4 Å². The Balaban J connectivity index is 1.35. The van der Waals surface area contributed by atoms with E-state index in [1.54, 1.807) is 5.56 Å². The largest absolute Gasteiger partial charge is 0.306 e. The molecule has 0 amide bonds. The van der Waals surface area contributed by atoms with Gasteiger partial charge in [0, 0.05) is 6.04 Å². The SMILES string of the molecule is CC1CCC2C(CCCC1c1cccc3c1C=CCCC=C3)CCC1CC(N(C)C)CCC12. The van der Waals surface area contributed by atoms with E-state index in [0.717, 1.165) is 41.5 Å². The van der Waals surface area contributed by atoms with Crippen LogP contribution in [-0.2, 0) is 0 Å². The lowest BCUT2D eigenvalue weighted by Crippen LogP contribution is -2.43. The highest BCUT2D eigenvalue weighted by Gasteiger charge is 2.43. The molecular formula is C32H47N. The van der Waals surface area contributed by atoms with Gasteiger partial charge in [-0.05, 0) is 131 Å². The first-order chi connectivity index (χ1) is 16.1. The van der Waals surface area contributed by atoms with Gasteiger partial charge in [0.2, 0.25) is 0 Å². The molecule has 0 N–H and O–H groups in total. The van der Waals surface area contributed by atoms with Crippen LogP contribution in [0.25, 0.3) is 12.2 Å². The van der Waals surface area contributed by atoms with Crippen molar-refractivity contribution in [3.05, 3.63) is 47.0 Å². The number of rotatable bonds is 2. The van der Waals surface area contributed by atoms with Gasteiger partial charge in [0.05, 0.1) is 0 Å². The first-order valence-corrected chi connectivity index (χ1v) is 14.2. The molecule has 4 aliphatic carbocycles. The number of fused-ring (bicyclic) bond motifs is 4. The van der Waals surface area contributed by atoms with Crippen LogP contribution >= 0.6 is 0 Å². The summed E-state index contributed by atoms with van der Waals surface area (Å²) in [5.74, 6) is 5.55. The van der Waals surface area contributed by atoms with Crippen molar-refractivity contribution in [1.82, 2.24) is 4.90 Å². The maximum atomic E-state index is 2.58. The Morgan fingerprint density at radius 1 is 0.758 bits per heavy atom. The Hall–Kier alpha value is -1.34. The summed E-state index contributed by atoms with van der Waals surface area (Å²) < 4.78 is 0. The Bertz CT molecular complexity index is 848. The molecule has 33 heavy (non-hydrogen) atoms. The van der Waals surface area contributed by atoms with Gasteiger partial charge >= 0.3 is 0 Å². The van der Waals surface area contributed by atoms with E-state index in [1.807, 2.05) is 0 Å². The van der Waals surface area contributed by atoms with E-state index in [9.17, 15) is 0 Å². The smallest absolute Gasteiger partial charge is 0.00920 e. The van der Waals surface area contributed by atoms with E-state index in [0.29, 0.717) is 0 Å². The fourth-order valence-electron chi connectivity index (χ4n) is 8.30. The topological polar surface area (TPSA) is 3.24 Å². The van der Waals surface area contributed by atoms with Gasteiger partial charge in [-0.25, -0.2) is 0 Å². The molecule has 0 heterocycles. The van der Waals surface area contributed by atoms with Gasteiger partial charge < -0.3 is 4.90 Å². The third kappa shape index (κ3) is 5.04. The second kappa shape index (κ2) is 10.5. The van der Waals surface area contributed by atoms with Gasteiger partial charge in [0.15, 0.2) is 0 Å². The number of allylic oxidation sites excluding steroid dienone is 2. The molecule has 1 nitrogen and oxygen atoms in total. The first kappa shape index (κ1) is 23.4. The van der Waals surface area contributed by atoms with Crippen LogP contribution in [0, 0.1) is 29.6 Å². The van der Waals surface area contributed by atoms with E-state index in [1.165, 1.54) is 88.2 Å². The second-order valence-corrected chi connectivity index (χ2v) is 12.2. The fraction of sp³-hybridized carbons (Fsp3) is 0.688. The van der Waals surface area contributed by atoms with E-state index >= 15 is 0 Å². The van der Waals surface area contributed by atoms with Crippen molar-refractivity contribution >= 4 is 12.2 Å². The van der Waals surface area contributed by atoms with Crippen LogP contribution in [0.4, 0.5) is 0 Å². The molecule has 5 rings (SSSR count). The lowest BCUT2D eigenvalue weighted by Gasteiger charge is -2.49. The van der Waals surface area contributed by atoms with Crippen molar-refractivity contribution in [2.75, 3.05) is 14.1 Å². The minimum Gasteiger partial charge on any atom is -0.306 e. The van der Waals surface area contributed by atoms with Gasteiger partial charge in [-0.2, -0.15) is 0 Å². The highest BCUT2D eigenvalue weighted by Crippen LogP contribution is 2.52. The zero-order valence-corrected chi connectivity index (χ0v) is 21.5. The molecule has 180 valence electrons. The predicted octanol–water partition coefficient (Wildman–Crippen LogP) is 8.56. The Morgan fingerprint density at radius 3 is 2.36 bits per heavy atom. The van der Waals surface area contributed by atoms with Gasteiger partial charge in [-0.3, -0.25) is 0 Å². The Kier molecular flexibility index (Phi) is 7.45. The van der Waals surface area contributed by atoms with Crippen LogP contribution in [0.5, 0.6) is 0 Å². The van der Waals surface area contributed by atoms with Crippen LogP contribution in [-0.4, -0.2) is 25.0 Å². The van der Waals surface area contributed by atoms with Gasteiger partial charge in [0.25, 0.3) is 0 Å². The minimum atomic E-state index is 0.720. The number of hydrogen-bond donors (Lipinski definition) is 0. The summed E-state index contributed by atoms with van der Waals surface area (Å²) in [4.78, 5) is 2.51. The third-order valence-electron chi connectivity index (χ3n) is 10.2. The summed E-state index contributed by atoms with van der Waals surface area (Å²) in [6.07, 6.45) is 26.6. The summed E-state index contributed by atoms with van der Waals surface area (Å²) in [5, 5.41) is 0. The molecular weight excluding hydrogens is 398 g/mol. The lowest BCUT2D eigenvalue weighted by atomic mass is 9.59. The average Bonchev–Trinajstić information content (AvgIpc) is 2.88. The molecule has 0 bridgehead atoms. The monoisotopic (exact) mass is 445 g/mol. The normalized spacial score (nSPS) is 37.0. The second-order valence-electron chi connectivity index (χ2n) is 12.2. The minimum absolute atomic E-state index is 0.720. The highest BCUT2D eigenvalue weighted by molar-refractivity contribution is 5.69. The van der Waals surface area contributed by atoms with Crippen molar-refractivity contribution in [3.8, 4) is 0 Å². The van der Waals surface area contributed by atoms with Crippen molar-refractivity contribution < 1.29 is 0 Å². The Morgan fingerprint density at radius 2 is 1.52 bits per heavy atom. The maximum absolute atomic E-state index is 2.58. The molecule has 3 fully saturated rings. The van der Waals surface area contributed by atoms with Crippen LogP contribution in [0.15, 0.2) is 30.4 Å². The molecule has 1 aromatic rings. The molecule has 0 aliphatic heterocycles. The first-order valence-electron chi connectivity index (χ1n) is 14.2. The summed E-state index contributed by atoms with van der Waals surface area (Å²) >= 11 is 0.